The summed E-state index contributed by atoms with van der Waals surface area (Å²) in [6.45, 7) is 5.27. The van der Waals surface area contributed by atoms with E-state index in [1.807, 2.05) is 31.2 Å². The minimum Gasteiger partial charge on any atom is -0.481 e. The fraction of sp³-hybridized carbons (Fsp3) is 0.533. The summed E-state index contributed by atoms with van der Waals surface area (Å²) >= 11 is 0. The van der Waals surface area contributed by atoms with Gasteiger partial charge in [0, 0.05) is 25.6 Å². The molecule has 0 saturated carbocycles. The number of benzene rings is 1. The molecule has 0 aliphatic carbocycles. The van der Waals surface area contributed by atoms with Crippen molar-refractivity contribution in [2.45, 2.75) is 26.4 Å². The predicted octanol–water partition coefficient (Wildman–Crippen LogP) is 1.60. The van der Waals surface area contributed by atoms with E-state index < -0.39 is 6.10 Å². The molecule has 4 nitrogen and oxygen atoms in total. The van der Waals surface area contributed by atoms with Crippen LogP contribution in [0.4, 0.5) is 0 Å². The van der Waals surface area contributed by atoms with Crippen LogP contribution >= 0.6 is 0 Å². The average Bonchev–Trinajstić information content (AvgIpc) is 2.86. The van der Waals surface area contributed by atoms with Crippen LogP contribution in [0.25, 0.3) is 0 Å². The first-order valence-corrected chi connectivity index (χ1v) is 6.73. The molecule has 1 N–H and O–H groups in total. The second kappa shape index (κ2) is 6.06. The van der Waals surface area contributed by atoms with E-state index >= 15 is 0 Å². The Bertz CT molecular complexity index is 447. The minimum atomic E-state index is -0.487. The summed E-state index contributed by atoms with van der Waals surface area (Å²) in [6.07, 6.45) is 0.388. The number of likely N-dealkylation sites (tertiary alicyclic amines) is 1. The Hall–Kier alpha value is -1.55. The highest BCUT2D eigenvalue weighted by Crippen LogP contribution is 2.19. The van der Waals surface area contributed by atoms with Gasteiger partial charge in [-0.05, 0) is 38.0 Å². The van der Waals surface area contributed by atoms with Gasteiger partial charge in [0.2, 0.25) is 0 Å². The zero-order chi connectivity index (χ0) is 13.8. The van der Waals surface area contributed by atoms with Gasteiger partial charge in [-0.3, -0.25) is 4.79 Å². The van der Waals surface area contributed by atoms with Gasteiger partial charge in [-0.1, -0.05) is 12.1 Å². The van der Waals surface area contributed by atoms with Crippen molar-refractivity contribution >= 4 is 5.91 Å². The van der Waals surface area contributed by atoms with Crippen LogP contribution in [0, 0.1) is 12.8 Å². The van der Waals surface area contributed by atoms with Crippen molar-refractivity contribution in [3.05, 3.63) is 29.8 Å². The first-order valence-electron chi connectivity index (χ1n) is 6.73. The van der Waals surface area contributed by atoms with Crippen LogP contribution in [0.15, 0.2) is 24.3 Å². The van der Waals surface area contributed by atoms with Crippen molar-refractivity contribution in [1.82, 2.24) is 4.90 Å². The third kappa shape index (κ3) is 3.47. The maximum Gasteiger partial charge on any atom is 0.263 e. The van der Waals surface area contributed by atoms with Gasteiger partial charge in [0.15, 0.2) is 6.10 Å². The second-order valence-electron chi connectivity index (χ2n) is 5.20. The molecule has 19 heavy (non-hydrogen) atoms. The monoisotopic (exact) mass is 263 g/mol. The molecule has 0 radical (unpaired) electrons. The van der Waals surface area contributed by atoms with Crippen LogP contribution < -0.4 is 4.74 Å². The molecule has 4 heteroatoms. The number of aryl methyl sites for hydroxylation is 1. The summed E-state index contributed by atoms with van der Waals surface area (Å²) in [5, 5.41) is 9.10. The molecule has 104 valence electrons. The molecule has 1 aliphatic rings. The maximum atomic E-state index is 12.2. The fourth-order valence-corrected chi connectivity index (χ4v) is 2.38. The average molecular weight is 263 g/mol. The zero-order valence-corrected chi connectivity index (χ0v) is 11.5. The number of carbonyl (C=O) groups excluding carboxylic acids is 1. The summed E-state index contributed by atoms with van der Waals surface area (Å²) in [4.78, 5) is 14.0. The standard InChI is InChI=1S/C15H21NO3/c1-11-4-3-5-14(8-11)19-12(2)15(18)16-7-6-13(9-16)10-17/h3-5,8,12-13,17H,6-7,9-10H2,1-2H3. The minimum absolute atomic E-state index is 0.00236. The molecule has 0 aromatic heterocycles. The maximum absolute atomic E-state index is 12.2. The number of hydrogen-bond donors (Lipinski definition) is 1. The molecule has 1 saturated heterocycles. The van der Waals surface area contributed by atoms with Crippen molar-refractivity contribution in [2.24, 2.45) is 5.92 Å². The molecule has 1 aromatic carbocycles. The van der Waals surface area contributed by atoms with Crippen LogP contribution in [-0.2, 0) is 4.79 Å². The number of aliphatic hydroxyl groups excluding tert-OH is 1. The third-order valence-electron chi connectivity index (χ3n) is 3.51. The molecule has 1 aliphatic heterocycles. The number of aliphatic hydroxyl groups is 1. The molecule has 0 bridgehead atoms. The molecule has 2 atom stereocenters. The normalized spacial score (nSPS) is 20.4. The van der Waals surface area contributed by atoms with Gasteiger partial charge < -0.3 is 14.7 Å². The topological polar surface area (TPSA) is 49.8 Å². The van der Waals surface area contributed by atoms with Gasteiger partial charge in [0.1, 0.15) is 5.75 Å². The van der Waals surface area contributed by atoms with Crippen molar-refractivity contribution < 1.29 is 14.6 Å². The van der Waals surface area contributed by atoms with E-state index in [1.165, 1.54) is 0 Å². The lowest BCUT2D eigenvalue weighted by atomic mass is 10.1. The predicted molar refractivity (Wildman–Crippen MR) is 73.0 cm³/mol. The smallest absolute Gasteiger partial charge is 0.263 e. The Morgan fingerprint density at radius 2 is 2.37 bits per heavy atom. The molecule has 2 unspecified atom stereocenters. The van der Waals surface area contributed by atoms with Crippen molar-refractivity contribution in [3.63, 3.8) is 0 Å². The SMILES string of the molecule is Cc1cccc(OC(C)C(=O)N2CCC(CO)C2)c1. The first kappa shape index (κ1) is 13.9. The number of hydrogen-bond acceptors (Lipinski definition) is 3. The summed E-state index contributed by atoms with van der Waals surface area (Å²) in [7, 11) is 0. The second-order valence-corrected chi connectivity index (χ2v) is 5.20. The molecule has 1 fully saturated rings. The van der Waals surface area contributed by atoms with Gasteiger partial charge in [-0.15, -0.1) is 0 Å². The summed E-state index contributed by atoms with van der Waals surface area (Å²) < 4.78 is 5.68. The first-order chi connectivity index (χ1) is 9.10. The van der Waals surface area contributed by atoms with E-state index in [9.17, 15) is 4.79 Å². The Morgan fingerprint density at radius 3 is 3.00 bits per heavy atom. The molecule has 2 rings (SSSR count). The van der Waals surface area contributed by atoms with E-state index in [0.29, 0.717) is 13.1 Å². The van der Waals surface area contributed by atoms with Crippen LogP contribution in [-0.4, -0.2) is 41.7 Å². The van der Waals surface area contributed by atoms with Crippen LogP contribution in [0.2, 0.25) is 0 Å². The molecule has 1 amide bonds. The molecule has 0 spiro atoms. The van der Waals surface area contributed by atoms with E-state index in [0.717, 1.165) is 17.7 Å². The van der Waals surface area contributed by atoms with E-state index in [2.05, 4.69) is 0 Å². The molecular formula is C15H21NO3. The van der Waals surface area contributed by atoms with Crippen LogP contribution in [0.5, 0.6) is 5.75 Å². The largest absolute Gasteiger partial charge is 0.481 e. The lowest BCUT2D eigenvalue weighted by Gasteiger charge is -2.21. The van der Waals surface area contributed by atoms with E-state index in [1.54, 1.807) is 11.8 Å². The number of nitrogens with zero attached hydrogens (tertiary/aromatic N) is 1. The zero-order valence-electron chi connectivity index (χ0n) is 11.5. The van der Waals surface area contributed by atoms with Crippen molar-refractivity contribution in [1.29, 1.82) is 0 Å². The Balaban J connectivity index is 1.93. The lowest BCUT2D eigenvalue weighted by Crippen LogP contribution is -2.39. The van der Waals surface area contributed by atoms with E-state index in [4.69, 9.17) is 9.84 Å². The van der Waals surface area contributed by atoms with Gasteiger partial charge in [-0.25, -0.2) is 0 Å². The summed E-state index contributed by atoms with van der Waals surface area (Å²) in [6, 6.07) is 7.69. The van der Waals surface area contributed by atoms with E-state index in [-0.39, 0.29) is 18.4 Å². The van der Waals surface area contributed by atoms with Gasteiger partial charge >= 0.3 is 0 Å². The fourth-order valence-electron chi connectivity index (χ4n) is 2.38. The van der Waals surface area contributed by atoms with Gasteiger partial charge in [0.05, 0.1) is 0 Å². The quantitative estimate of drug-likeness (QED) is 0.897. The lowest BCUT2D eigenvalue weighted by molar-refractivity contribution is -0.137. The summed E-state index contributed by atoms with van der Waals surface area (Å²) in [5.41, 5.74) is 1.11. The number of amides is 1. The molecule has 1 aromatic rings. The van der Waals surface area contributed by atoms with Crippen molar-refractivity contribution in [3.8, 4) is 5.75 Å². The molecular weight excluding hydrogens is 242 g/mol. The Kier molecular flexibility index (Phi) is 4.43. The highest BCUT2D eigenvalue weighted by Gasteiger charge is 2.29. The number of rotatable bonds is 4. The summed E-state index contributed by atoms with van der Waals surface area (Å²) in [5.74, 6) is 0.936. The highest BCUT2D eigenvalue weighted by molar-refractivity contribution is 5.81. The Morgan fingerprint density at radius 1 is 1.58 bits per heavy atom. The van der Waals surface area contributed by atoms with Crippen molar-refractivity contribution in [2.75, 3.05) is 19.7 Å². The van der Waals surface area contributed by atoms with Gasteiger partial charge in [0.25, 0.3) is 5.91 Å². The third-order valence-corrected chi connectivity index (χ3v) is 3.51. The number of ether oxygens (including phenoxy) is 1. The number of carbonyl (C=O) groups is 1. The van der Waals surface area contributed by atoms with Crippen LogP contribution in [0.3, 0.4) is 0 Å². The molecule has 1 heterocycles. The van der Waals surface area contributed by atoms with Crippen LogP contribution in [0.1, 0.15) is 18.9 Å². The Labute approximate surface area is 114 Å². The highest BCUT2D eigenvalue weighted by atomic mass is 16.5. The van der Waals surface area contributed by atoms with Gasteiger partial charge in [-0.2, -0.15) is 0 Å².